The van der Waals surface area contributed by atoms with Gasteiger partial charge in [-0.25, -0.2) is 4.98 Å². The van der Waals surface area contributed by atoms with E-state index in [9.17, 15) is 4.79 Å². The number of thiazole rings is 1. The first-order chi connectivity index (χ1) is 13.1. The Morgan fingerprint density at radius 2 is 2.07 bits per heavy atom. The van der Waals surface area contributed by atoms with E-state index >= 15 is 0 Å². The lowest BCUT2D eigenvalue weighted by Gasteiger charge is -2.34. The summed E-state index contributed by atoms with van der Waals surface area (Å²) in [7, 11) is 0. The Labute approximate surface area is 173 Å². The third-order valence-electron chi connectivity index (χ3n) is 5.76. The summed E-state index contributed by atoms with van der Waals surface area (Å²) in [6.07, 6.45) is 4.10. The molecule has 4 rings (SSSR count). The monoisotopic (exact) mass is 447 g/mol. The van der Waals surface area contributed by atoms with Crippen molar-refractivity contribution < 1.29 is 4.79 Å². The van der Waals surface area contributed by atoms with Crippen LogP contribution in [0.5, 0.6) is 0 Å². The molecule has 27 heavy (non-hydrogen) atoms. The molecule has 2 aliphatic rings. The van der Waals surface area contributed by atoms with Gasteiger partial charge in [-0.2, -0.15) is 0 Å². The number of benzene rings is 1. The van der Waals surface area contributed by atoms with Gasteiger partial charge in [0.1, 0.15) is 0 Å². The van der Waals surface area contributed by atoms with Crippen molar-refractivity contribution in [2.75, 3.05) is 19.6 Å². The van der Waals surface area contributed by atoms with Crippen LogP contribution in [-0.4, -0.2) is 40.3 Å². The molecule has 4 nitrogen and oxygen atoms in total. The van der Waals surface area contributed by atoms with Crippen molar-refractivity contribution >= 4 is 33.2 Å². The zero-order valence-corrected chi connectivity index (χ0v) is 18.1. The van der Waals surface area contributed by atoms with Crippen LogP contribution in [0, 0.1) is 12.8 Å². The van der Waals surface area contributed by atoms with E-state index in [1.165, 1.54) is 5.56 Å². The number of nitrogens with zero attached hydrogens (tertiary/aromatic N) is 3. The van der Waals surface area contributed by atoms with Crippen molar-refractivity contribution in [1.82, 2.24) is 14.8 Å². The Balaban J connectivity index is 1.36. The Hall–Kier alpha value is -1.24. The van der Waals surface area contributed by atoms with E-state index in [0.717, 1.165) is 67.0 Å². The fourth-order valence-corrected chi connectivity index (χ4v) is 5.39. The zero-order valence-electron chi connectivity index (χ0n) is 15.7. The largest absolute Gasteiger partial charge is 0.335 e. The molecule has 0 N–H and O–H groups in total. The molecule has 2 aliphatic heterocycles. The Bertz CT molecular complexity index is 800. The molecule has 2 saturated heterocycles. The number of aryl methyl sites for hydroxylation is 1. The summed E-state index contributed by atoms with van der Waals surface area (Å²) in [6.45, 7) is 5.84. The van der Waals surface area contributed by atoms with Gasteiger partial charge in [0.15, 0.2) is 0 Å². The molecule has 0 aliphatic carbocycles. The van der Waals surface area contributed by atoms with Gasteiger partial charge in [-0.3, -0.25) is 9.69 Å². The molecule has 2 fully saturated rings. The second kappa shape index (κ2) is 8.41. The summed E-state index contributed by atoms with van der Waals surface area (Å²) >= 11 is 5.28. The minimum absolute atomic E-state index is 0.172. The first-order valence-corrected chi connectivity index (χ1v) is 11.5. The highest BCUT2D eigenvalue weighted by molar-refractivity contribution is 9.10. The van der Waals surface area contributed by atoms with Gasteiger partial charge < -0.3 is 4.90 Å². The van der Waals surface area contributed by atoms with Crippen LogP contribution in [0.25, 0.3) is 0 Å². The number of likely N-dealkylation sites (tertiary alicyclic amines) is 2. The molecule has 1 atom stereocenters. The van der Waals surface area contributed by atoms with E-state index < -0.39 is 0 Å². The number of halogens is 1. The predicted octanol–water partition coefficient (Wildman–Crippen LogP) is 4.79. The Morgan fingerprint density at radius 3 is 2.78 bits per heavy atom. The average Bonchev–Trinajstić information content (AvgIpc) is 3.31. The number of carbonyl (C=O) groups excluding carboxylic acids is 1. The Morgan fingerprint density at radius 1 is 1.26 bits per heavy atom. The summed E-state index contributed by atoms with van der Waals surface area (Å²) in [6, 6.07) is 8.67. The highest BCUT2D eigenvalue weighted by Gasteiger charge is 2.35. The number of amides is 1. The summed E-state index contributed by atoms with van der Waals surface area (Å²) < 4.78 is 1.09. The van der Waals surface area contributed by atoms with Crippen LogP contribution in [-0.2, 0) is 11.3 Å². The van der Waals surface area contributed by atoms with E-state index in [1.54, 1.807) is 11.3 Å². The molecule has 1 aromatic carbocycles. The fourth-order valence-electron chi connectivity index (χ4n) is 4.37. The lowest BCUT2D eigenvalue weighted by Crippen LogP contribution is -2.42. The standard InChI is InChI=1S/C21H26BrN3OS/c1-15-23-19(14-27-15)13-24-10-7-16(8-11-24)21(26)25-9-3-6-20(25)17-4-2-5-18(22)12-17/h2,4-5,12,14,16,20H,3,6-11,13H2,1H3. The molecule has 1 unspecified atom stereocenters. The zero-order chi connectivity index (χ0) is 18.8. The summed E-state index contributed by atoms with van der Waals surface area (Å²) in [5, 5.41) is 3.28. The molecule has 0 bridgehead atoms. The summed E-state index contributed by atoms with van der Waals surface area (Å²) in [5.41, 5.74) is 2.42. The van der Waals surface area contributed by atoms with Gasteiger partial charge in [-0.1, -0.05) is 28.1 Å². The lowest BCUT2D eigenvalue weighted by atomic mass is 9.94. The topological polar surface area (TPSA) is 36.4 Å². The fraction of sp³-hybridized carbons (Fsp3) is 0.524. The van der Waals surface area contributed by atoms with E-state index in [-0.39, 0.29) is 12.0 Å². The van der Waals surface area contributed by atoms with Crippen LogP contribution in [0.2, 0.25) is 0 Å². The first kappa shape index (κ1) is 19.1. The molecule has 1 aromatic heterocycles. The number of hydrogen-bond donors (Lipinski definition) is 0. The number of piperidine rings is 1. The second-order valence-electron chi connectivity index (χ2n) is 7.65. The van der Waals surface area contributed by atoms with Gasteiger partial charge >= 0.3 is 0 Å². The van der Waals surface area contributed by atoms with Crippen LogP contribution in [0.1, 0.15) is 48.0 Å². The van der Waals surface area contributed by atoms with Crippen LogP contribution < -0.4 is 0 Å². The average molecular weight is 448 g/mol. The van der Waals surface area contributed by atoms with Crippen molar-refractivity contribution in [3.63, 3.8) is 0 Å². The maximum Gasteiger partial charge on any atom is 0.226 e. The van der Waals surface area contributed by atoms with Crippen molar-refractivity contribution in [2.24, 2.45) is 5.92 Å². The number of carbonyl (C=O) groups is 1. The minimum atomic E-state index is 0.172. The minimum Gasteiger partial charge on any atom is -0.335 e. The highest BCUT2D eigenvalue weighted by Crippen LogP contribution is 2.35. The van der Waals surface area contributed by atoms with Gasteiger partial charge in [-0.15, -0.1) is 11.3 Å². The van der Waals surface area contributed by atoms with Crippen LogP contribution in [0.15, 0.2) is 34.1 Å². The molecular weight excluding hydrogens is 422 g/mol. The molecule has 2 aromatic rings. The van der Waals surface area contributed by atoms with E-state index in [0.29, 0.717) is 5.91 Å². The molecule has 3 heterocycles. The first-order valence-electron chi connectivity index (χ1n) is 9.79. The number of rotatable bonds is 4. The van der Waals surface area contributed by atoms with Crippen molar-refractivity contribution in [2.45, 2.75) is 45.2 Å². The maximum atomic E-state index is 13.2. The quantitative estimate of drug-likeness (QED) is 0.675. The third kappa shape index (κ3) is 4.44. The molecule has 144 valence electrons. The van der Waals surface area contributed by atoms with E-state index in [4.69, 9.17) is 0 Å². The van der Waals surface area contributed by atoms with Crippen molar-refractivity contribution in [3.05, 3.63) is 50.4 Å². The Kier molecular flexibility index (Phi) is 5.95. The van der Waals surface area contributed by atoms with Gasteiger partial charge in [0.2, 0.25) is 5.91 Å². The molecule has 0 spiro atoms. The predicted molar refractivity (Wildman–Crippen MR) is 113 cm³/mol. The van der Waals surface area contributed by atoms with Gasteiger partial charge in [0.05, 0.1) is 16.7 Å². The number of aromatic nitrogens is 1. The third-order valence-corrected chi connectivity index (χ3v) is 7.07. The summed E-state index contributed by atoms with van der Waals surface area (Å²) in [5.74, 6) is 0.535. The van der Waals surface area contributed by atoms with Gasteiger partial charge in [0, 0.05) is 28.9 Å². The normalized spacial score (nSPS) is 21.7. The van der Waals surface area contributed by atoms with Crippen LogP contribution in [0.3, 0.4) is 0 Å². The summed E-state index contributed by atoms with van der Waals surface area (Å²) in [4.78, 5) is 22.4. The van der Waals surface area contributed by atoms with E-state index in [1.807, 2.05) is 6.07 Å². The molecule has 0 radical (unpaired) electrons. The molecule has 6 heteroatoms. The lowest BCUT2D eigenvalue weighted by molar-refractivity contribution is -0.138. The van der Waals surface area contributed by atoms with Crippen molar-refractivity contribution in [1.29, 1.82) is 0 Å². The van der Waals surface area contributed by atoms with Crippen LogP contribution >= 0.6 is 27.3 Å². The van der Waals surface area contributed by atoms with Gasteiger partial charge in [0.25, 0.3) is 0 Å². The molecule has 1 amide bonds. The van der Waals surface area contributed by atoms with Crippen molar-refractivity contribution in [3.8, 4) is 0 Å². The van der Waals surface area contributed by atoms with Gasteiger partial charge in [-0.05, 0) is 63.4 Å². The highest BCUT2D eigenvalue weighted by atomic mass is 79.9. The maximum absolute atomic E-state index is 13.2. The van der Waals surface area contributed by atoms with Crippen LogP contribution in [0.4, 0.5) is 0 Å². The molecular formula is C21H26BrN3OS. The second-order valence-corrected chi connectivity index (χ2v) is 9.63. The van der Waals surface area contributed by atoms with E-state index in [2.05, 4.69) is 61.2 Å². The smallest absolute Gasteiger partial charge is 0.226 e. The molecule has 0 saturated carbocycles. The SMILES string of the molecule is Cc1nc(CN2CCC(C(=O)N3CCCC3c3cccc(Br)c3)CC2)cs1. The number of hydrogen-bond acceptors (Lipinski definition) is 4.